The van der Waals surface area contributed by atoms with Crippen LogP contribution in [-0.4, -0.2) is 112 Å². The summed E-state index contributed by atoms with van der Waals surface area (Å²) >= 11 is 0. The monoisotopic (exact) mass is 777 g/mol. The molecule has 1 saturated heterocycles. The molecule has 284 valence electrons. The first kappa shape index (κ1) is 42.0. The maximum atomic E-state index is 12.7. The normalized spacial score (nSPS) is 24.4. The fraction of sp³-hybridized carbons (Fsp3) is 0.708. The van der Waals surface area contributed by atoms with Crippen LogP contribution in [0.15, 0.2) is 12.7 Å². The van der Waals surface area contributed by atoms with Crippen LogP contribution in [0.4, 0.5) is 5.82 Å². The number of hydrogen-bond acceptors (Lipinski definition) is 16. The van der Waals surface area contributed by atoms with Crippen molar-refractivity contribution >= 4 is 52.3 Å². The molecule has 10 N–H and O–H groups in total. The second kappa shape index (κ2) is 16.5. The predicted molar refractivity (Wildman–Crippen MR) is 169 cm³/mol. The van der Waals surface area contributed by atoms with Crippen LogP contribution in [0.5, 0.6) is 0 Å². The molecule has 1 aliphatic rings. The molecular weight excluding hydrogens is 735 g/mol. The van der Waals surface area contributed by atoms with Crippen molar-refractivity contribution in [3.05, 3.63) is 12.7 Å². The zero-order valence-electron chi connectivity index (χ0n) is 27.4. The summed E-state index contributed by atoms with van der Waals surface area (Å²) in [6, 6.07) is 0. The smallest absolute Gasteiger partial charge is 0.385 e. The average molecular weight is 778 g/mol. The highest BCUT2D eigenvalue weighted by molar-refractivity contribution is 7.61. The Bertz CT molecular complexity index is 1660. The lowest BCUT2D eigenvalue weighted by Crippen LogP contribution is -2.46. The number of nitrogens with zero attached hydrogens (tertiary/aromatic N) is 4. The van der Waals surface area contributed by atoms with Crippen LogP contribution in [0.3, 0.4) is 0 Å². The largest absolute Gasteiger partial charge is 0.481 e. The molecule has 7 atom stereocenters. The summed E-state index contributed by atoms with van der Waals surface area (Å²) in [5.41, 5.74) is 2.38. The molecule has 7 unspecified atom stereocenters. The molecule has 0 radical (unpaired) electrons. The fourth-order valence-corrected chi connectivity index (χ4v) is 7.48. The van der Waals surface area contributed by atoms with Gasteiger partial charge >= 0.3 is 23.5 Å². The van der Waals surface area contributed by atoms with Gasteiger partial charge in [-0.2, -0.15) is 4.31 Å². The van der Waals surface area contributed by atoms with E-state index in [1.165, 1.54) is 20.8 Å². The van der Waals surface area contributed by atoms with Crippen LogP contribution < -0.4 is 16.4 Å². The summed E-state index contributed by atoms with van der Waals surface area (Å²) in [6.45, 7) is 4.13. The number of aliphatic hydroxyl groups excluding tert-OH is 2. The van der Waals surface area contributed by atoms with Crippen LogP contribution in [0.25, 0.3) is 11.2 Å². The van der Waals surface area contributed by atoms with Crippen molar-refractivity contribution in [3.8, 4) is 0 Å². The highest BCUT2D eigenvalue weighted by atomic mass is 31.3. The van der Waals surface area contributed by atoms with Crippen molar-refractivity contribution in [1.29, 1.82) is 0 Å². The number of phosphoric ester groups is 3. The third kappa shape index (κ3) is 11.0. The van der Waals surface area contributed by atoms with E-state index in [0.29, 0.717) is 6.54 Å². The van der Waals surface area contributed by atoms with E-state index in [1.54, 1.807) is 0 Å². The maximum absolute atomic E-state index is 12.7. The number of anilines is 1. The lowest BCUT2D eigenvalue weighted by atomic mass is 9.87. The van der Waals surface area contributed by atoms with E-state index >= 15 is 0 Å². The molecule has 3 rings (SSSR count). The minimum Gasteiger partial charge on any atom is -0.385 e. The Balaban J connectivity index is 1.62. The van der Waals surface area contributed by atoms with Gasteiger partial charge in [-0.05, 0) is 13.3 Å². The van der Waals surface area contributed by atoms with E-state index < -0.39 is 78.1 Å². The van der Waals surface area contributed by atoms with Gasteiger partial charge in [0.15, 0.2) is 17.2 Å². The van der Waals surface area contributed by atoms with Crippen molar-refractivity contribution in [2.24, 2.45) is 5.41 Å². The Morgan fingerprint density at radius 3 is 2.40 bits per heavy atom. The summed E-state index contributed by atoms with van der Waals surface area (Å²) < 4.78 is 62.4. The summed E-state index contributed by atoms with van der Waals surface area (Å²) in [5.74, 6) is -1.28. The standard InChI is InChI=1S/C24H42N7O16P3/c1-5-6-8-26-15(32)7-9-27-22(35)19(34)23(2,3)11-44-50(41,42)47-49(39,40)43-10-14-17(46-48(36,37)38)18(33)24(4,45-14)31-13-30-16-20(25)28-12-29-21(16)31/h12-14,17-19,33-34H,5-11H2,1-4H3,(H,26,32)(H,27,35)(H,39,40)(H,41,42)(H2,25,28,29)(H2,36,37,38). The number of phosphoric acid groups is 3. The first-order valence-electron chi connectivity index (χ1n) is 14.9. The number of nitrogen functional groups attached to an aromatic ring is 1. The molecule has 26 heteroatoms. The van der Waals surface area contributed by atoms with Gasteiger partial charge in [-0.1, -0.05) is 27.2 Å². The van der Waals surface area contributed by atoms with E-state index in [0.717, 1.165) is 30.1 Å². The van der Waals surface area contributed by atoms with Gasteiger partial charge in [0.1, 0.15) is 36.3 Å². The van der Waals surface area contributed by atoms with Crippen molar-refractivity contribution in [2.75, 3.05) is 32.0 Å². The number of hydrogen-bond donors (Lipinski definition) is 9. The minimum atomic E-state index is -5.56. The van der Waals surface area contributed by atoms with Crippen LogP contribution in [-0.2, 0) is 51.6 Å². The summed E-state index contributed by atoms with van der Waals surface area (Å²) in [6.07, 6.45) is -3.61. The number of aliphatic hydroxyl groups is 2. The number of unbranched alkanes of at least 4 members (excludes halogenated alkanes) is 1. The molecule has 23 nitrogen and oxygen atoms in total. The molecule has 0 spiro atoms. The Morgan fingerprint density at radius 2 is 1.76 bits per heavy atom. The number of amides is 2. The molecule has 0 bridgehead atoms. The first-order valence-corrected chi connectivity index (χ1v) is 19.5. The number of carbonyl (C=O) groups excluding carboxylic acids is 2. The topological polar surface area (TPSA) is 347 Å². The fourth-order valence-electron chi connectivity index (χ4n) is 4.66. The van der Waals surface area contributed by atoms with Gasteiger partial charge in [0.25, 0.3) is 0 Å². The van der Waals surface area contributed by atoms with Crippen molar-refractivity contribution in [1.82, 2.24) is 30.2 Å². The Labute approximate surface area is 285 Å². The molecule has 0 aromatic carbocycles. The van der Waals surface area contributed by atoms with Gasteiger partial charge in [0.05, 0.1) is 19.5 Å². The number of ether oxygens (including phenoxy) is 1. The molecule has 0 aliphatic carbocycles. The van der Waals surface area contributed by atoms with Crippen molar-refractivity contribution in [3.63, 3.8) is 0 Å². The van der Waals surface area contributed by atoms with Crippen molar-refractivity contribution in [2.45, 2.75) is 77.1 Å². The van der Waals surface area contributed by atoms with Gasteiger partial charge in [-0.25, -0.2) is 28.6 Å². The van der Waals surface area contributed by atoms with Crippen LogP contribution in [0.2, 0.25) is 0 Å². The van der Waals surface area contributed by atoms with Gasteiger partial charge < -0.3 is 50.9 Å². The molecule has 2 aromatic rings. The number of rotatable bonds is 19. The first-order chi connectivity index (χ1) is 23.0. The maximum Gasteiger partial charge on any atom is 0.481 e. The summed E-state index contributed by atoms with van der Waals surface area (Å²) in [4.78, 5) is 75.3. The third-order valence-electron chi connectivity index (χ3n) is 7.42. The van der Waals surface area contributed by atoms with Crippen LogP contribution in [0.1, 0.15) is 47.0 Å². The number of nitrogens with one attached hydrogen (secondary N) is 2. The van der Waals surface area contributed by atoms with Gasteiger partial charge in [0, 0.05) is 24.9 Å². The SMILES string of the molecule is CCCCNC(=O)CCNC(=O)C(O)C(C)(C)COP(=O)(O)OP(=O)(O)OCC1OC(C)(n2cnc3c(N)ncnc32)C(O)C1OP(=O)(O)O. The molecule has 1 fully saturated rings. The third-order valence-corrected chi connectivity index (χ3v) is 10.5. The van der Waals surface area contributed by atoms with E-state index in [9.17, 15) is 53.1 Å². The second-order valence-electron chi connectivity index (χ2n) is 12.0. The van der Waals surface area contributed by atoms with Crippen molar-refractivity contribution < 1.29 is 75.7 Å². The van der Waals surface area contributed by atoms with E-state index in [2.05, 4.69) is 29.9 Å². The summed E-state index contributed by atoms with van der Waals surface area (Å²) in [7, 11) is -16.4. The zero-order chi connectivity index (χ0) is 37.7. The number of carbonyl (C=O) groups is 2. The molecule has 50 heavy (non-hydrogen) atoms. The highest BCUT2D eigenvalue weighted by Crippen LogP contribution is 2.61. The molecule has 2 amide bonds. The average Bonchev–Trinajstić information content (AvgIpc) is 3.54. The second-order valence-corrected chi connectivity index (χ2v) is 16.2. The molecule has 2 aromatic heterocycles. The minimum absolute atomic E-state index is 0.0285. The zero-order valence-corrected chi connectivity index (χ0v) is 30.1. The summed E-state index contributed by atoms with van der Waals surface area (Å²) in [5, 5.41) is 26.6. The lowest BCUT2D eigenvalue weighted by molar-refractivity contribution is -0.137. The van der Waals surface area contributed by atoms with E-state index in [-0.39, 0.29) is 35.9 Å². The van der Waals surface area contributed by atoms with Gasteiger partial charge in [-0.3, -0.25) is 27.7 Å². The lowest BCUT2D eigenvalue weighted by Gasteiger charge is -2.30. The number of fused-ring (bicyclic) bond motifs is 1. The van der Waals surface area contributed by atoms with Crippen LogP contribution >= 0.6 is 23.5 Å². The number of aromatic nitrogens is 4. The molecule has 3 heterocycles. The Morgan fingerprint density at radius 1 is 1.10 bits per heavy atom. The molecule has 1 aliphatic heterocycles. The van der Waals surface area contributed by atoms with Crippen LogP contribution in [0, 0.1) is 5.41 Å². The predicted octanol–water partition coefficient (Wildman–Crippen LogP) is -0.621. The number of nitrogens with two attached hydrogens (primary N) is 1. The molecule has 0 saturated carbocycles. The number of imidazole rings is 1. The van der Waals surface area contributed by atoms with Gasteiger partial charge in [0.2, 0.25) is 11.8 Å². The Hall–Kier alpha value is -2.46. The quantitative estimate of drug-likeness (QED) is 0.0634. The highest BCUT2D eigenvalue weighted by Gasteiger charge is 2.57. The Kier molecular flexibility index (Phi) is 13.8. The van der Waals surface area contributed by atoms with E-state index in [1.807, 2.05) is 6.92 Å². The van der Waals surface area contributed by atoms with Gasteiger partial charge in [-0.15, -0.1) is 0 Å². The van der Waals surface area contributed by atoms with E-state index in [4.69, 9.17) is 24.0 Å². The molecular formula is C24H42N7O16P3.